The molecule has 1 radical (unpaired) electrons. The fourth-order valence-corrected chi connectivity index (χ4v) is 1.49. The van der Waals surface area contributed by atoms with Gasteiger partial charge < -0.3 is 0 Å². The normalized spacial score (nSPS) is 10.6. The second-order valence-corrected chi connectivity index (χ2v) is 3.76. The summed E-state index contributed by atoms with van der Waals surface area (Å²) in [5, 5.41) is 4.44. The van der Waals surface area contributed by atoms with E-state index < -0.39 is 0 Å². The highest BCUT2D eigenvalue weighted by Crippen LogP contribution is 2.12. The maximum atomic E-state index is 4.44. The Hall–Kier alpha value is -1.57. The summed E-state index contributed by atoms with van der Waals surface area (Å²) in [6, 6.07) is 8.34. The first kappa shape index (κ1) is 9.97. The number of hydrogen-bond donors (Lipinski definition) is 0. The number of aromatic nitrogens is 2. The van der Waals surface area contributed by atoms with Crippen molar-refractivity contribution >= 4 is 0 Å². The largest absolute Gasteiger partial charge is 0.240 e. The Labute approximate surface area is 90.6 Å². The number of nitrogens with zero attached hydrogens (tertiary/aromatic N) is 2. The highest BCUT2D eigenvalue weighted by atomic mass is 15.3. The van der Waals surface area contributed by atoms with Crippen molar-refractivity contribution < 1.29 is 0 Å². The Bertz CT molecular complexity index is 432. The summed E-state index contributed by atoms with van der Waals surface area (Å²) in [7, 11) is 0. The summed E-state index contributed by atoms with van der Waals surface area (Å²) in [5.41, 5.74) is 4.65. The van der Waals surface area contributed by atoms with Gasteiger partial charge in [0, 0.05) is 6.20 Å². The molecule has 0 amide bonds. The molecule has 2 nitrogen and oxygen atoms in total. The molecule has 0 fully saturated rings. The van der Waals surface area contributed by atoms with Crippen molar-refractivity contribution in [3.05, 3.63) is 54.2 Å². The molecule has 0 spiro atoms. The fraction of sp³-hybridized carbons (Fsp3) is 0.231. The molecule has 2 rings (SSSR count). The second kappa shape index (κ2) is 3.89. The van der Waals surface area contributed by atoms with Crippen LogP contribution in [-0.4, -0.2) is 9.78 Å². The molecular formula is C13H15N2. The Morgan fingerprint density at radius 1 is 1.20 bits per heavy atom. The molecule has 0 aliphatic rings. The molecule has 2 heteroatoms. The molecule has 0 saturated heterocycles. The quantitative estimate of drug-likeness (QED) is 0.727. The van der Waals surface area contributed by atoms with Crippen LogP contribution in [0.4, 0.5) is 0 Å². The molecule has 0 aliphatic heterocycles. The van der Waals surface area contributed by atoms with Crippen LogP contribution in [0, 0.1) is 20.8 Å². The smallest absolute Gasteiger partial charge is 0.0645 e. The van der Waals surface area contributed by atoms with Gasteiger partial charge in [0.15, 0.2) is 0 Å². The molecular weight excluding hydrogens is 184 g/mol. The molecule has 1 heterocycles. The first-order valence-corrected chi connectivity index (χ1v) is 5.12. The Morgan fingerprint density at radius 3 is 2.33 bits per heavy atom. The lowest BCUT2D eigenvalue weighted by molar-refractivity contribution is 0.862. The summed E-state index contributed by atoms with van der Waals surface area (Å²) >= 11 is 0. The van der Waals surface area contributed by atoms with Crippen LogP contribution >= 0.6 is 0 Å². The number of rotatable bonds is 2. The van der Waals surface area contributed by atoms with Gasteiger partial charge in [0.1, 0.15) is 0 Å². The van der Waals surface area contributed by atoms with E-state index in [1.54, 1.807) is 0 Å². The molecule has 0 atom stereocenters. The monoisotopic (exact) mass is 199 g/mol. The lowest BCUT2D eigenvalue weighted by Gasteiger charge is -2.02. The van der Waals surface area contributed by atoms with Gasteiger partial charge in [0.2, 0.25) is 0 Å². The summed E-state index contributed by atoms with van der Waals surface area (Å²) in [6.07, 6.45) is 2.88. The molecule has 15 heavy (non-hydrogen) atoms. The lowest BCUT2D eigenvalue weighted by atomic mass is 10.1. The van der Waals surface area contributed by atoms with E-state index >= 15 is 0 Å². The highest BCUT2D eigenvalue weighted by Gasteiger charge is 2.01. The van der Waals surface area contributed by atoms with Gasteiger partial charge >= 0.3 is 0 Å². The van der Waals surface area contributed by atoms with E-state index in [-0.39, 0.29) is 0 Å². The molecule has 0 bridgehead atoms. The van der Waals surface area contributed by atoms with Gasteiger partial charge in [-0.1, -0.05) is 12.1 Å². The highest BCUT2D eigenvalue weighted by molar-refractivity contribution is 5.35. The van der Waals surface area contributed by atoms with Crippen LogP contribution in [0.15, 0.2) is 30.5 Å². The molecule has 0 aliphatic carbocycles. The van der Waals surface area contributed by atoms with Gasteiger partial charge in [0.05, 0.1) is 11.4 Å². The first-order chi connectivity index (χ1) is 7.20. The fourth-order valence-electron chi connectivity index (χ4n) is 1.49. The third-order valence-electron chi connectivity index (χ3n) is 2.63. The van der Waals surface area contributed by atoms with Crippen molar-refractivity contribution in [3.63, 3.8) is 0 Å². The zero-order chi connectivity index (χ0) is 10.8. The van der Waals surface area contributed by atoms with Crippen LogP contribution < -0.4 is 0 Å². The van der Waals surface area contributed by atoms with Crippen LogP contribution in [0.2, 0.25) is 0 Å². The van der Waals surface area contributed by atoms with Crippen molar-refractivity contribution in [2.75, 3.05) is 0 Å². The van der Waals surface area contributed by atoms with Crippen molar-refractivity contribution in [1.82, 2.24) is 9.78 Å². The van der Waals surface area contributed by atoms with Crippen LogP contribution in [0.5, 0.6) is 0 Å². The zero-order valence-electron chi connectivity index (χ0n) is 9.20. The minimum absolute atomic E-state index is 0.831. The standard InChI is InChI=1S/C13H15N2/c1-4-12-5-7-13(8-6-12)15-9-10(2)11(3)14-15/h5-9H,1,4H2,2-3H3. The van der Waals surface area contributed by atoms with E-state index in [0.29, 0.717) is 0 Å². The Balaban J connectivity index is 2.37. The summed E-state index contributed by atoms with van der Waals surface area (Å²) in [4.78, 5) is 0. The van der Waals surface area contributed by atoms with Gasteiger partial charge in [0.25, 0.3) is 0 Å². The molecule has 77 valence electrons. The van der Waals surface area contributed by atoms with E-state index in [9.17, 15) is 0 Å². The van der Waals surface area contributed by atoms with Gasteiger partial charge in [-0.2, -0.15) is 5.10 Å². The van der Waals surface area contributed by atoms with Crippen molar-refractivity contribution in [2.45, 2.75) is 20.3 Å². The van der Waals surface area contributed by atoms with E-state index in [2.05, 4.69) is 49.4 Å². The Kier molecular flexibility index (Phi) is 2.58. The average molecular weight is 199 g/mol. The third kappa shape index (κ3) is 1.94. The van der Waals surface area contributed by atoms with E-state index in [1.165, 1.54) is 11.1 Å². The molecule has 1 aromatic heterocycles. The van der Waals surface area contributed by atoms with E-state index in [1.807, 2.05) is 11.6 Å². The topological polar surface area (TPSA) is 17.8 Å². The van der Waals surface area contributed by atoms with E-state index in [4.69, 9.17) is 0 Å². The second-order valence-electron chi connectivity index (χ2n) is 3.76. The van der Waals surface area contributed by atoms with Crippen molar-refractivity contribution in [2.24, 2.45) is 0 Å². The van der Waals surface area contributed by atoms with Gasteiger partial charge in [-0.3, -0.25) is 0 Å². The maximum absolute atomic E-state index is 4.44. The minimum Gasteiger partial charge on any atom is -0.240 e. The average Bonchev–Trinajstić information content (AvgIpc) is 2.59. The summed E-state index contributed by atoms with van der Waals surface area (Å²) < 4.78 is 1.91. The number of benzene rings is 1. The molecule has 2 aromatic rings. The van der Waals surface area contributed by atoms with Gasteiger partial charge in [-0.25, -0.2) is 4.68 Å². The van der Waals surface area contributed by atoms with Crippen LogP contribution in [0.25, 0.3) is 5.69 Å². The predicted octanol–water partition coefficient (Wildman–Crippen LogP) is 2.87. The molecule has 0 saturated carbocycles. The van der Waals surface area contributed by atoms with Crippen LogP contribution in [0.3, 0.4) is 0 Å². The maximum Gasteiger partial charge on any atom is 0.0645 e. The zero-order valence-corrected chi connectivity index (χ0v) is 9.20. The van der Waals surface area contributed by atoms with Gasteiger partial charge in [-0.05, 0) is 50.5 Å². The van der Waals surface area contributed by atoms with Crippen molar-refractivity contribution in [1.29, 1.82) is 0 Å². The summed E-state index contributed by atoms with van der Waals surface area (Å²) in [6.45, 7) is 7.95. The van der Waals surface area contributed by atoms with Crippen LogP contribution in [-0.2, 0) is 6.42 Å². The number of aryl methyl sites for hydroxylation is 2. The Morgan fingerprint density at radius 2 is 1.87 bits per heavy atom. The molecule has 0 unspecified atom stereocenters. The SMILES string of the molecule is [CH2]Cc1ccc(-n2cc(C)c(C)n2)cc1. The summed E-state index contributed by atoms with van der Waals surface area (Å²) in [5.74, 6) is 0. The molecule has 0 N–H and O–H groups in total. The van der Waals surface area contributed by atoms with Crippen molar-refractivity contribution in [3.8, 4) is 5.69 Å². The number of hydrogen-bond acceptors (Lipinski definition) is 1. The van der Waals surface area contributed by atoms with Crippen LogP contribution in [0.1, 0.15) is 16.8 Å². The lowest BCUT2D eigenvalue weighted by Crippen LogP contribution is -1.94. The van der Waals surface area contributed by atoms with Gasteiger partial charge in [-0.15, -0.1) is 0 Å². The minimum atomic E-state index is 0.831. The first-order valence-electron chi connectivity index (χ1n) is 5.12. The molecule has 1 aromatic carbocycles. The van der Waals surface area contributed by atoms with E-state index in [0.717, 1.165) is 17.8 Å². The predicted molar refractivity (Wildman–Crippen MR) is 62.1 cm³/mol. The third-order valence-corrected chi connectivity index (χ3v) is 2.63.